The summed E-state index contributed by atoms with van der Waals surface area (Å²) >= 11 is 0. The molecule has 7 nitrogen and oxygen atoms in total. The maximum atomic E-state index is 12.1. The zero-order valence-electron chi connectivity index (χ0n) is 14.1. The lowest BCUT2D eigenvalue weighted by molar-refractivity contribution is -0.384. The molecule has 0 aliphatic heterocycles. The summed E-state index contributed by atoms with van der Waals surface area (Å²) in [5.74, 6) is 0.584. The number of hydrogen-bond acceptors (Lipinski definition) is 5. The summed E-state index contributed by atoms with van der Waals surface area (Å²) in [6.45, 7) is 2.30. The van der Waals surface area contributed by atoms with Gasteiger partial charge in [0.2, 0.25) is 0 Å². The first-order chi connectivity index (χ1) is 11.9. The molecule has 1 aromatic heterocycles. The average molecular weight is 343 g/mol. The maximum Gasteiger partial charge on any atom is 0.270 e. The van der Waals surface area contributed by atoms with E-state index in [2.05, 4.69) is 12.0 Å². The predicted octanol–water partition coefficient (Wildman–Crippen LogP) is 2.76. The number of non-ortho nitro benzene ring substituents is 1. The molecule has 1 aliphatic carbocycles. The van der Waals surface area contributed by atoms with Crippen molar-refractivity contribution < 1.29 is 10.0 Å². The molecule has 1 saturated carbocycles. The largest absolute Gasteiger partial charge is 0.388 e. The van der Waals surface area contributed by atoms with Gasteiger partial charge < -0.3 is 5.11 Å². The third kappa shape index (κ3) is 3.93. The molecule has 1 aliphatic rings. The molecule has 1 fully saturated rings. The number of nitrogens with zero attached hydrogens (tertiary/aromatic N) is 3. The van der Waals surface area contributed by atoms with Crippen molar-refractivity contribution in [2.45, 2.75) is 44.8 Å². The third-order valence-corrected chi connectivity index (χ3v) is 4.87. The van der Waals surface area contributed by atoms with Crippen LogP contribution in [0.15, 0.2) is 41.2 Å². The van der Waals surface area contributed by atoms with Crippen molar-refractivity contribution in [3.63, 3.8) is 0 Å². The Balaban J connectivity index is 1.90. The lowest BCUT2D eigenvalue weighted by Crippen LogP contribution is -2.41. The van der Waals surface area contributed by atoms with E-state index in [1.807, 2.05) is 0 Å². The first-order valence-corrected chi connectivity index (χ1v) is 8.42. The molecule has 0 atom stereocenters. The SMILES string of the molecule is CC1CCC(O)(Cn2nc(-c3cccc([N+](=O)[O-])c3)ccc2=O)CC1. The highest BCUT2D eigenvalue weighted by Crippen LogP contribution is 2.32. The molecule has 0 unspecified atom stereocenters. The van der Waals surface area contributed by atoms with Gasteiger partial charge in [0.15, 0.2) is 0 Å². The summed E-state index contributed by atoms with van der Waals surface area (Å²) in [6, 6.07) is 9.06. The van der Waals surface area contributed by atoms with Crippen molar-refractivity contribution in [3.8, 4) is 11.3 Å². The Morgan fingerprint density at radius 1 is 1.32 bits per heavy atom. The van der Waals surface area contributed by atoms with Crippen LogP contribution < -0.4 is 5.56 Å². The second kappa shape index (κ2) is 6.76. The Hall–Kier alpha value is -2.54. The number of aromatic nitrogens is 2. The summed E-state index contributed by atoms with van der Waals surface area (Å²) in [7, 11) is 0. The van der Waals surface area contributed by atoms with Gasteiger partial charge in [0, 0.05) is 23.8 Å². The van der Waals surface area contributed by atoms with E-state index in [-0.39, 0.29) is 17.8 Å². The average Bonchev–Trinajstić information content (AvgIpc) is 2.60. The summed E-state index contributed by atoms with van der Waals surface area (Å²) in [5.41, 5.74) is -0.216. The first-order valence-electron chi connectivity index (χ1n) is 8.42. The van der Waals surface area contributed by atoms with Gasteiger partial charge in [-0.15, -0.1) is 0 Å². The van der Waals surface area contributed by atoms with Crippen molar-refractivity contribution in [2.75, 3.05) is 0 Å². The van der Waals surface area contributed by atoms with Gasteiger partial charge in [0.05, 0.1) is 22.8 Å². The topological polar surface area (TPSA) is 98.3 Å². The number of hydrogen-bond donors (Lipinski definition) is 1. The fraction of sp³-hybridized carbons (Fsp3) is 0.444. The molecule has 1 N–H and O–H groups in total. The Morgan fingerprint density at radius 2 is 2.04 bits per heavy atom. The molecule has 0 spiro atoms. The fourth-order valence-electron chi connectivity index (χ4n) is 3.23. The molecule has 1 heterocycles. The molecule has 132 valence electrons. The van der Waals surface area contributed by atoms with Gasteiger partial charge in [-0.2, -0.15) is 5.10 Å². The summed E-state index contributed by atoms with van der Waals surface area (Å²) in [6.07, 6.45) is 3.14. The standard InChI is InChI=1S/C18H21N3O4/c1-13-7-9-18(23,10-8-13)12-20-17(22)6-5-16(19-20)14-3-2-4-15(11-14)21(24)25/h2-6,11,13,23H,7-10,12H2,1H3. The monoisotopic (exact) mass is 343 g/mol. The van der Waals surface area contributed by atoms with E-state index in [4.69, 9.17) is 0 Å². The van der Waals surface area contributed by atoms with Gasteiger partial charge in [0.1, 0.15) is 0 Å². The Kier molecular flexibility index (Phi) is 4.67. The molecule has 3 rings (SSSR count). The molecule has 0 bridgehead atoms. The van der Waals surface area contributed by atoms with E-state index in [0.717, 1.165) is 12.8 Å². The molecular weight excluding hydrogens is 322 g/mol. The summed E-state index contributed by atoms with van der Waals surface area (Å²) < 4.78 is 1.27. The van der Waals surface area contributed by atoms with E-state index in [9.17, 15) is 20.0 Å². The maximum absolute atomic E-state index is 12.1. The zero-order valence-corrected chi connectivity index (χ0v) is 14.1. The van der Waals surface area contributed by atoms with E-state index in [1.54, 1.807) is 18.2 Å². The van der Waals surface area contributed by atoms with Crippen LogP contribution in [-0.4, -0.2) is 25.4 Å². The lowest BCUT2D eigenvalue weighted by Gasteiger charge is -2.34. The highest BCUT2D eigenvalue weighted by molar-refractivity contribution is 5.61. The quantitative estimate of drug-likeness (QED) is 0.680. The van der Waals surface area contributed by atoms with Crippen molar-refractivity contribution >= 4 is 5.69 Å². The van der Waals surface area contributed by atoms with Crippen molar-refractivity contribution in [2.24, 2.45) is 5.92 Å². The van der Waals surface area contributed by atoms with Gasteiger partial charge in [-0.3, -0.25) is 14.9 Å². The normalized spacial score (nSPS) is 23.4. The van der Waals surface area contributed by atoms with E-state index < -0.39 is 10.5 Å². The minimum Gasteiger partial charge on any atom is -0.388 e. The van der Waals surface area contributed by atoms with Crippen molar-refractivity contribution in [1.82, 2.24) is 9.78 Å². The predicted molar refractivity (Wildman–Crippen MR) is 93.2 cm³/mol. The molecule has 0 amide bonds. The number of rotatable bonds is 4. The fourth-order valence-corrected chi connectivity index (χ4v) is 3.23. The summed E-state index contributed by atoms with van der Waals surface area (Å²) in [5, 5.41) is 26.0. The lowest BCUT2D eigenvalue weighted by atomic mass is 9.79. The smallest absolute Gasteiger partial charge is 0.270 e. The van der Waals surface area contributed by atoms with Gasteiger partial charge in [0.25, 0.3) is 11.2 Å². The number of nitro benzene ring substituents is 1. The highest BCUT2D eigenvalue weighted by atomic mass is 16.6. The van der Waals surface area contributed by atoms with E-state index >= 15 is 0 Å². The van der Waals surface area contributed by atoms with Crippen LogP contribution in [0.5, 0.6) is 0 Å². The van der Waals surface area contributed by atoms with Crippen LogP contribution in [0, 0.1) is 16.0 Å². The van der Waals surface area contributed by atoms with Gasteiger partial charge >= 0.3 is 0 Å². The molecule has 7 heteroatoms. The first kappa shape index (κ1) is 17.3. The van der Waals surface area contributed by atoms with Crippen LogP contribution in [0.1, 0.15) is 32.6 Å². The molecule has 0 saturated heterocycles. The van der Waals surface area contributed by atoms with Crippen LogP contribution >= 0.6 is 0 Å². The molecule has 25 heavy (non-hydrogen) atoms. The van der Waals surface area contributed by atoms with Crippen LogP contribution in [0.4, 0.5) is 5.69 Å². The van der Waals surface area contributed by atoms with E-state index in [1.165, 1.54) is 22.9 Å². The van der Waals surface area contributed by atoms with Crippen molar-refractivity contribution in [3.05, 3.63) is 56.9 Å². The number of nitro groups is 1. The Morgan fingerprint density at radius 3 is 2.72 bits per heavy atom. The highest BCUT2D eigenvalue weighted by Gasteiger charge is 2.32. The van der Waals surface area contributed by atoms with Gasteiger partial charge in [-0.25, -0.2) is 4.68 Å². The molecule has 1 aromatic carbocycles. The molecule has 2 aromatic rings. The minimum atomic E-state index is -0.926. The van der Waals surface area contributed by atoms with Crippen molar-refractivity contribution in [1.29, 1.82) is 0 Å². The second-order valence-corrected chi connectivity index (χ2v) is 6.93. The van der Waals surface area contributed by atoms with Crippen LogP contribution in [0.3, 0.4) is 0 Å². The van der Waals surface area contributed by atoms with Crippen LogP contribution in [-0.2, 0) is 6.54 Å². The number of benzene rings is 1. The summed E-state index contributed by atoms with van der Waals surface area (Å²) in [4.78, 5) is 22.6. The second-order valence-electron chi connectivity index (χ2n) is 6.93. The van der Waals surface area contributed by atoms with Crippen LogP contribution in [0.2, 0.25) is 0 Å². The molecule has 0 radical (unpaired) electrons. The van der Waals surface area contributed by atoms with Gasteiger partial charge in [-0.05, 0) is 37.7 Å². The van der Waals surface area contributed by atoms with E-state index in [0.29, 0.717) is 30.0 Å². The van der Waals surface area contributed by atoms with Crippen LogP contribution in [0.25, 0.3) is 11.3 Å². The minimum absolute atomic E-state index is 0.0306. The molecular formula is C18H21N3O4. The van der Waals surface area contributed by atoms with Gasteiger partial charge in [-0.1, -0.05) is 19.1 Å². The Bertz CT molecular complexity index is 838. The third-order valence-electron chi connectivity index (χ3n) is 4.87. The Labute approximate surface area is 145 Å². The number of aliphatic hydroxyl groups is 1. The zero-order chi connectivity index (χ0) is 18.0.